The molecule has 0 radical (unpaired) electrons. The highest BCUT2D eigenvalue weighted by molar-refractivity contribution is 6.25. The van der Waals surface area contributed by atoms with Crippen LogP contribution in [0.1, 0.15) is 0 Å². The maximum Gasteiger partial charge on any atom is 0.0714 e. The quantitative estimate of drug-likeness (QED) is 0.174. The third kappa shape index (κ3) is 4.63. The molecule has 0 aliphatic carbocycles. The van der Waals surface area contributed by atoms with Crippen LogP contribution in [0.2, 0.25) is 0 Å². The van der Waals surface area contributed by atoms with E-state index in [9.17, 15) is 0 Å². The summed E-state index contributed by atoms with van der Waals surface area (Å²) in [5, 5.41) is 8.85. The zero-order valence-corrected chi connectivity index (χ0v) is 28.9. The van der Waals surface area contributed by atoms with Crippen LogP contribution in [0.3, 0.4) is 0 Å². The van der Waals surface area contributed by atoms with Gasteiger partial charge < -0.3 is 4.90 Å². The van der Waals surface area contributed by atoms with Crippen LogP contribution >= 0.6 is 0 Å². The van der Waals surface area contributed by atoms with Crippen LogP contribution in [0.25, 0.3) is 87.7 Å². The zero-order valence-electron chi connectivity index (χ0n) is 28.9. The lowest BCUT2D eigenvalue weighted by atomic mass is 9.91. The predicted molar refractivity (Wildman–Crippen MR) is 224 cm³/mol. The van der Waals surface area contributed by atoms with Gasteiger partial charge in [0.1, 0.15) is 0 Å². The van der Waals surface area contributed by atoms with Gasteiger partial charge >= 0.3 is 0 Å². The number of para-hydroxylation sites is 2. The average molecular weight is 673 g/mol. The predicted octanol–water partition coefficient (Wildman–Crippen LogP) is 14.1. The number of rotatable bonds is 3. The smallest absolute Gasteiger partial charge is 0.0714 e. The van der Waals surface area contributed by atoms with E-state index in [1.54, 1.807) is 0 Å². The number of anilines is 3. The molecule has 1 aliphatic heterocycles. The minimum atomic E-state index is 0.983. The number of benzene rings is 9. The summed E-state index contributed by atoms with van der Waals surface area (Å²) in [6, 6.07) is 68.5. The average Bonchev–Trinajstić information content (AvgIpc) is 3.36. The van der Waals surface area contributed by atoms with Gasteiger partial charge in [0, 0.05) is 28.4 Å². The molecule has 0 spiro atoms. The topological polar surface area (TPSA) is 16.1 Å². The van der Waals surface area contributed by atoms with E-state index in [1.807, 2.05) is 6.20 Å². The first-order valence-electron chi connectivity index (χ1n) is 18.2. The molecule has 246 valence electrons. The Morgan fingerprint density at radius 2 is 0.830 bits per heavy atom. The first-order chi connectivity index (χ1) is 26.3. The number of nitrogens with zero attached hydrogens (tertiary/aromatic N) is 2. The largest absolute Gasteiger partial charge is 0.309 e. The molecule has 11 rings (SSSR count). The van der Waals surface area contributed by atoms with Gasteiger partial charge in [0.2, 0.25) is 0 Å². The van der Waals surface area contributed by atoms with Crippen molar-refractivity contribution >= 4 is 60.3 Å². The Balaban J connectivity index is 1.07. The Hall–Kier alpha value is -7.03. The summed E-state index contributed by atoms with van der Waals surface area (Å²) in [7, 11) is 0. The molecule has 2 heteroatoms. The van der Waals surface area contributed by atoms with Crippen LogP contribution in [0.15, 0.2) is 194 Å². The Kier molecular flexibility index (Phi) is 6.59. The van der Waals surface area contributed by atoms with Crippen LogP contribution in [0.5, 0.6) is 0 Å². The first-order valence-corrected chi connectivity index (χ1v) is 18.2. The first kappa shape index (κ1) is 29.7. The van der Waals surface area contributed by atoms with Crippen LogP contribution in [-0.2, 0) is 0 Å². The van der Waals surface area contributed by atoms with Crippen LogP contribution < -0.4 is 4.90 Å². The van der Waals surface area contributed by atoms with Gasteiger partial charge in [0.15, 0.2) is 0 Å². The molecule has 53 heavy (non-hydrogen) atoms. The number of aromatic nitrogens is 1. The molecular weight excluding hydrogens is 641 g/mol. The summed E-state index contributed by atoms with van der Waals surface area (Å²) in [5.74, 6) is 0. The minimum absolute atomic E-state index is 0.983. The number of fused-ring (bicyclic) bond motifs is 12. The molecule has 0 amide bonds. The normalized spacial score (nSPS) is 12.1. The summed E-state index contributed by atoms with van der Waals surface area (Å²) >= 11 is 0. The summed E-state index contributed by atoms with van der Waals surface area (Å²) in [5.41, 5.74) is 14.0. The molecule has 2 nitrogen and oxygen atoms in total. The fraction of sp³-hybridized carbons (Fsp3) is 0. The van der Waals surface area contributed by atoms with Crippen molar-refractivity contribution in [3.05, 3.63) is 194 Å². The third-order valence-corrected chi connectivity index (χ3v) is 11.0. The van der Waals surface area contributed by atoms with E-state index in [2.05, 4.69) is 193 Å². The molecule has 0 saturated heterocycles. The van der Waals surface area contributed by atoms with E-state index < -0.39 is 0 Å². The van der Waals surface area contributed by atoms with E-state index >= 15 is 0 Å². The second-order valence-corrected chi connectivity index (χ2v) is 13.9. The molecule has 10 aromatic rings. The SMILES string of the molecule is c1ccc(N2c3ccccc3-c3ccccc3-c3cc(-c4ccnc5cc(-c6ccc7c8ccccc8c8ccccc8c7c6)ccc45)ccc32)cc1. The van der Waals surface area contributed by atoms with Crippen molar-refractivity contribution in [2.24, 2.45) is 0 Å². The van der Waals surface area contributed by atoms with Crippen LogP contribution in [0.4, 0.5) is 17.1 Å². The lowest BCUT2D eigenvalue weighted by Gasteiger charge is -2.27. The second kappa shape index (κ2) is 11.8. The Bertz CT molecular complexity index is 3030. The lowest BCUT2D eigenvalue weighted by Crippen LogP contribution is -2.10. The van der Waals surface area contributed by atoms with Gasteiger partial charge in [-0.15, -0.1) is 0 Å². The van der Waals surface area contributed by atoms with Crippen molar-refractivity contribution in [1.82, 2.24) is 4.98 Å². The van der Waals surface area contributed by atoms with Gasteiger partial charge in [-0.1, -0.05) is 140 Å². The van der Waals surface area contributed by atoms with Gasteiger partial charge in [-0.3, -0.25) is 4.98 Å². The maximum absolute atomic E-state index is 4.92. The highest BCUT2D eigenvalue weighted by atomic mass is 15.1. The zero-order chi connectivity index (χ0) is 34.9. The summed E-state index contributed by atoms with van der Waals surface area (Å²) in [4.78, 5) is 7.32. The molecule has 0 unspecified atom stereocenters. The van der Waals surface area contributed by atoms with Crippen LogP contribution in [0, 0.1) is 0 Å². The van der Waals surface area contributed by atoms with Crippen LogP contribution in [-0.4, -0.2) is 4.98 Å². The van der Waals surface area contributed by atoms with E-state index in [-0.39, 0.29) is 0 Å². The third-order valence-electron chi connectivity index (χ3n) is 11.0. The molecule has 0 N–H and O–H groups in total. The molecule has 1 aliphatic rings. The summed E-state index contributed by atoms with van der Waals surface area (Å²) in [6.07, 6.45) is 1.95. The van der Waals surface area contributed by atoms with Gasteiger partial charge in [-0.25, -0.2) is 0 Å². The molecule has 0 atom stereocenters. The number of hydrogen-bond donors (Lipinski definition) is 0. The molecule has 2 heterocycles. The van der Waals surface area contributed by atoms with Crippen molar-refractivity contribution in [3.8, 4) is 44.5 Å². The van der Waals surface area contributed by atoms with Gasteiger partial charge in [0.05, 0.1) is 16.9 Å². The van der Waals surface area contributed by atoms with Crippen molar-refractivity contribution in [2.75, 3.05) is 4.90 Å². The van der Waals surface area contributed by atoms with E-state index in [1.165, 1.54) is 76.9 Å². The fourth-order valence-electron chi connectivity index (χ4n) is 8.62. The molecule has 0 saturated carbocycles. The van der Waals surface area contributed by atoms with Crippen molar-refractivity contribution < 1.29 is 0 Å². The standard InChI is InChI=1S/C51H32N2/c1-2-12-36(13-3-1)53-50-21-11-10-20-46(50)41-17-7-9-19-43(41)48-31-35(24-27-51(48)53)37-28-29-52-49-32-34(23-26-45(37)49)33-22-25-44-40-16-5-4-14-38(40)39-15-6-8-18-42(39)47(44)30-33/h1-32H. The Labute approximate surface area is 307 Å². The lowest BCUT2D eigenvalue weighted by molar-refractivity contribution is 1.29. The second-order valence-electron chi connectivity index (χ2n) is 13.9. The Morgan fingerprint density at radius 1 is 0.302 bits per heavy atom. The highest BCUT2D eigenvalue weighted by Crippen LogP contribution is 2.51. The fourth-order valence-corrected chi connectivity index (χ4v) is 8.62. The van der Waals surface area contributed by atoms with Gasteiger partial charge in [0.25, 0.3) is 0 Å². The highest BCUT2D eigenvalue weighted by Gasteiger charge is 2.26. The maximum atomic E-state index is 4.92. The number of pyridine rings is 1. The van der Waals surface area contributed by atoms with Crippen molar-refractivity contribution in [3.63, 3.8) is 0 Å². The molecule has 0 fully saturated rings. The van der Waals surface area contributed by atoms with E-state index in [0.29, 0.717) is 0 Å². The van der Waals surface area contributed by atoms with E-state index in [4.69, 9.17) is 4.98 Å². The van der Waals surface area contributed by atoms with Crippen molar-refractivity contribution in [1.29, 1.82) is 0 Å². The molecular formula is C51H32N2. The molecule has 9 aromatic carbocycles. The summed E-state index contributed by atoms with van der Waals surface area (Å²) < 4.78 is 0. The van der Waals surface area contributed by atoms with Gasteiger partial charge in [-0.05, 0) is 114 Å². The number of hydrogen-bond acceptors (Lipinski definition) is 2. The molecule has 1 aromatic heterocycles. The molecule has 0 bridgehead atoms. The Morgan fingerprint density at radius 3 is 1.57 bits per heavy atom. The van der Waals surface area contributed by atoms with Crippen molar-refractivity contribution in [2.45, 2.75) is 0 Å². The monoisotopic (exact) mass is 672 g/mol. The minimum Gasteiger partial charge on any atom is -0.309 e. The van der Waals surface area contributed by atoms with Gasteiger partial charge in [-0.2, -0.15) is 0 Å². The van der Waals surface area contributed by atoms with E-state index in [0.717, 1.165) is 27.8 Å². The summed E-state index contributed by atoms with van der Waals surface area (Å²) in [6.45, 7) is 0.